The minimum absolute atomic E-state index is 0.0216. The van der Waals surface area contributed by atoms with Gasteiger partial charge in [0.15, 0.2) is 0 Å². The normalized spacial score (nSPS) is 20.2. The van der Waals surface area contributed by atoms with Crippen molar-refractivity contribution in [3.05, 3.63) is 74.4 Å². The molecule has 2 aliphatic heterocycles. The topological polar surface area (TPSA) is 84.4 Å². The van der Waals surface area contributed by atoms with E-state index >= 15 is 0 Å². The van der Waals surface area contributed by atoms with Crippen LogP contribution in [0.4, 0.5) is 13.2 Å². The molecule has 1 aromatic carbocycles. The molecule has 3 aromatic rings. The Kier molecular flexibility index (Phi) is 4.61. The number of halogens is 3. The largest absolute Gasteiger partial charge is 0.573 e. The summed E-state index contributed by atoms with van der Waals surface area (Å²) in [5.74, 6) is -0.963. The highest BCUT2D eigenvalue weighted by Gasteiger charge is 2.37. The van der Waals surface area contributed by atoms with E-state index in [4.69, 9.17) is 0 Å². The third-order valence-corrected chi connectivity index (χ3v) is 6.08. The van der Waals surface area contributed by atoms with Gasteiger partial charge in [0, 0.05) is 54.4 Å². The predicted octanol–water partition coefficient (Wildman–Crippen LogP) is 2.85. The first-order chi connectivity index (χ1) is 15.2. The highest BCUT2D eigenvalue weighted by molar-refractivity contribution is 5.97. The van der Waals surface area contributed by atoms with Crippen molar-refractivity contribution in [2.75, 3.05) is 13.1 Å². The molecule has 1 fully saturated rings. The van der Waals surface area contributed by atoms with Gasteiger partial charge in [-0.1, -0.05) is 6.07 Å². The minimum atomic E-state index is -4.89. The Balaban J connectivity index is 1.47. The molecule has 32 heavy (non-hydrogen) atoms. The number of rotatable bonds is 2. The second-order valence-electron chi connectivity index (χ2n) is 8.19. The minimum Gasteiger partial charge on any atom is -0.406 e. The van der Waals surface area contributed by atoms with Crippen LogP contribution in [-0.2, 0) is 6.54 Å². The Labute approximate surface area is 179 Å². The van der Waals surface area contributed by atoms with Crippen LogP contribution in [0.25, 0.3) is 10.9 Å². The Hall–Kier alpha value is -3.56. The second-order valence-corrected chi connectivity index (χ2v) is 8.19. The number of hydrogen-bond acceptors (Lipinski definition) is 4. The lowest BCUT2D eigenvalue weighted by Gasteiger charge is -2.42. The molecule has 7 nitrogen and oxygen atoms in total. The number of pyridine rings is 2. The van der Waals surface area contributed by atoms with Crippen molar-refractivity contribution in [3.63, 3.8) is 0 Å². The zero-order chi connectivity index (χ0) is 22.6. The highest BCUT2D eigenvalue weighted by Crippen LogP contribution is 2.35. The van der Waals surface area contributed by atoms with Crippen LogP contribution in [0.2, 0.25) is 0 Å². The standard InChI is InChI=1S/C22H18F3N3O4/c23-22(24,25)32-14-4-5-17-15(7-14)20(30)16(8-26-17)21(31)27-9-12-6-13(11-27)18-2-1-3-19(29)28(18)10-12/h1-5,7-8,12-13H,6,9-11H2,(H,26,30). The number of piperidine rings is 1. The van der Waals surface area contributed by atoms with Crippen LogP contribution in [0.1, 0.15) is 28.4 Å². The van der Waals surface area contributed by atoms with Crippen LogP contribution in [0, 0.1) is 5.92 Å². The van der Waals surface area contributed by atoms with E-state index in [0.717, 1.165) is 24.2 Å². The summed E-state index contributed by atoms with van der Waals surface area (Å²) in [6.07, 6.45) is -2.75. The summed E-state index contributed by atoms with van der Waals surface area (Å²) in [7, 11) is 0. The lowest BCUT2D eigenvalue weighted by Crippen LogP contribution is -2.49. The van der Waals surface area contributed by atoms with Gasteiger partial charge >= 0.3 is 6.36 Å². The number of likely N-dealkylation sites (tertiary alicyclic amines) is 1. The monoisotopic (exact) mass is 445 g/mol. The first-order valence-corrected chi connectivity index (χ1v) is 10.1. The number of amides is 1. The van der Waals surface area contributed by atoms with Crippen molar-refractivity contribution in [3.8, 4) is 5.75 Å². The van der Waals surface area contributed by atoms with E-state index in [0.29, 0.717) is 25.2 Å². The molecule has 2 unspecified atom stereocenters. The number of nitrogens with one attached hydrogen (secondary N) is 1. The summed E-state index contributed by atoms with van der Waals surface area (Å²) in [5, 5.41) is -0.0632. The Morgan fingerprint density at radius 1 is 1.09 bits per heavy atom. The van der Waals surface area contributed by atoms with Crippen LogP contribution in [0.5, 0.6) is 5.75 Å². The quantitative estimate of drug-likeness (QED) is 0.658. The van der Waals surface area contributed by atoms with Gasteiger partial charge in [0.05, 0.1) is 0 Å². The highest BCUT2D eigenvalue weighted by atomic mass is 19.4. The number of ether oxygens (including phenoxy) is 1. The number of alkyl halides is 3. The summed E-state index contributed by atoms with van der Waals surface area (Å²) >= 11 is 0. The molecule has 4 heterocycles. The lowest BCUT2D eigenvalue weighted by molar-refractivity contribution is -0.274. The lowest BCUT2D eigenvalue weighted by atomic mass is 9.83. The maximum atomic E-state index is 13.2. The van der Waals surface area contributed by atoms with Gasteiger partial charge in [-0.25, -0.2) is 0 Å². The summed E-state index contributed by atoms with van der Waals surface area (Å²) in [4.78, 5) is 42.8. The molecule has 1 saturated heterocycles. The molecule has 166 valence electrons. The predicted molar refractivity (Wildman–Crippen MR) is 109 cm³/mol. The van der Waals surface area contributed by atoms with Crippen LogP contribution < -0.4 is 15.7 Å². The molecular formula is C22H18F3N3O4. The molecule has 0 spiro atoms. The number of H-pyrrole nitrogens is 1. The van der Waals surface area contributed by atoms with E-state index in [9.17, 15) is 27.6 Å². The molecule has 10 heteroatoms. The zero-order valence-electron chi connectivity index (χ0n) is 16.7. The van der Waals surface area contributed by atoms with E-state index in [2.05, 4.69) is 9.72 Å². The number of benzene rings is 1. The van der Waals surface area contributed by atoms with Gasteiger partial charge in [0.1, 0.15) is 11.3 Å². The number of aromatic nitrogens is 2. The maximum Gasteiger partial charge on any atom is 0.573 e. The van der Waals surface area contributed by atoms with Crippen LogP contribution in [0.3, 0.4) is 0 Å². The third kappa shape index (κ3) is 3.55. The molecule has 0 radical (unpaired) electrons. The van der Waals surface area contributed by atoms with E-state index in [1.807, 2.05) is 6.07 Å². The summed E-state index contributed by atoms with van der Waals surface area (Å²) in [5.41, 5.74) is 0.285. The van der Waals surface area contributed by atoms with Gasteiger partial charge in [-0.3, -0.25) is 14.4 Å². The molecule has 2 aliphatic rings. The summed E-state index contributed by atoms with van der Waals surface area (Å²) in [6.45, 7) is 1.25. The van der Waals surface area contributed by atoms with Crippen LogP contribution >= 0.6 is 0 Å². The van der Waals surface area contributed by atoms with E-state index in [1.54, 1.807) is 15.5 Å². The number of aromatic amines is 1. The van der Waals surface area contributed by atoms with Crippen molar-refractivity contribution < 1.29 is 22.7 Å². The van der Waals surface area contributed by atoms with Gasteiger partial charge in [0.2, 0.25) is 5.43 Å². The molecule has 5 rings (SSSR count). The Morgan fingerprint density at radius 2 is 1.91 bits per heavy atom. The molecule has 2 atom stereocenters. The number of carbonyl (C=O) groups excluding carboxylic acids is 1. The summed E-state index contributed by atoms with van der Waals surface area (Å²) in [6, 6.07) is 8.46. The van der Waals surface area contributed by atoms with Crippen LogP contribution in [-0.4, -0.2) is 39.8 Å². The number of carbonyl (C=O) groups is 1. The average molecular weight is 445 g/mol. The third-order valence-electron chi connectivity index (χ3n) is 6.08. The Bertz CT molecular complexity index is 1340. The van der Waals surface area contributed by atoms with Crippen LogP contribution in [0.15, 0.2) is 52.2 Å². The second kappa shape index (κ2) is 7.25. The van der Waals surface area contributed by atoms with Crippen molar-refractivity contribution in [1.29, 1.82) is 0 Å². The van der Waals surface area contributed by atoms with Gasteiger partial charge in [-0.2, -0.15) is 0 Å². The molecule has 0 aliphatic carbocycles. The van der Waals surface area contributed by atoms with Crippen molar-refractivity contribution in [2.45, 2.75) is 25.2 Å². The fourth-order valence-electron chi connectivity index (χ4n) is 4.79. The average Bonchev–Trinajstić information content (AvgIpc) is 2.73. The van der Waals surface area contributed by atoms with E-state index in [-0.39, 0.29) is 28.3 Å². The van der Waals surface area contributed by atoms with E-state index < -0.39 is 23.4 Å². The first kappa shape index (κ1) is 20.3. The van der Waals surface area contributed by atoms with Gasteiger partial charge < -0.3 is 19.2 Å². The van der Waals surface area contributed by atoms with Gasteiger partial charge in [0.25, 0.3) is 11.5 Å². The molecule has 1 N–H and O–H groups in total. The van der Waals surface area contributed by atoms with E-state index in [1.165, 1.54) is 18.3 Å². The molecule has 2 aromatic heterocycles. The Morgan fingerprint density at radius 3 is 2.69 bits per heavy atom. The summed E-state index contributed by atoms with van der Waals surface area (Å²) < 4.78 is 43.3. The molecule has 1 amide bonds. The SMILES string of the molecule is O=C(c1c[nH]c2ccc(OC(F)(F)F)cc2c1=O)N1CC2CC(C1)c1cccc(=O)n1C2. The fraction of sp³-hybridized carbons (Fsp3) is 0.318. The number of hydrogen-bond donors (Lipinski definition) is 1. The molecular weight excluding hydrogens is 427 g/mol. The molecule has 2 bridgehead atoms. The first-order valence-electron chi connectivity index (χ1n) is 10.1. The van der Waals surface area contributed by atoms with Crippen molar-refractivity contribution in [1.82, 2.24) is 14.5 Å². The smallest absolute Gasteiger partial charge is 0.406 e. The van der Waals surface area contributed by atoms with Crippen molar-refractivity contribution >= 4 is 16.8 Å². The fourth-order valence-corrected chi connectivity index (χ4v) is 4.79. The zero-order valence-corrected chi connectivity index (χ0v) is 16.7. The molecule has 0 saturated carbocycles. The van der Waals surface area contributed by atoms with Gasteiger partial charge in [-0.15, -0.1) is 13.2 Å². The number of nitrogens with zero attached hydrogens (tertiary/aromatic N) is 2. The van der Waals surface area contributed by atoms with Gasteiger partial charge in [-0.05, 0) is 36.6 Å². The number of fused-ring (bicyclic) bond motifs is 5. The maximum absolute atomic E-state index is 13.2. The van der Waals surface area contributed by atoms with Crippen molar-refractivity contribution in [2.24, 2.45) is 5.92 Å².